The molecule has 1 N–H and O–H groups in total. The van der Waals surface area contributed by atoms with Gasteiger partial charge in [-0.05, 0) is 38.0 Å². The number of amides is 1. The molecule has 0 bridgehead atoms. The number of halogens is 1. The van der Waals surface area contributed by atoms with Crippen molar-refractivity contribution < 1.29 is 14.1 Å². The molecule has 7 heteroatoms. The topological polar surface area (TPSA) is 72.2 Å². The highest BCUT2D eigenvalue weighted by Gasteiger charge is 2.27. The normalized spacial score (nSPS) is 21.3. The third-order valence-electron chi connectivity index (χ3n) is 3.75. The van der Waals surface area contributed by atoms with E-state index in [9.17, 15) is 19.3 Å². The Morgan fingerprint density at radius 2 is 2.19 bits per heavy atom. The molecule has 0 aliphatic heterocycles. The lowest BCUT2D eigenvalue weighted by atomic mass is 10.1. The molecule has 2 unspecified atom stereocenters. The largest absolute Gasteiger partial charge is 0.349 e. The van der Waals surface area contributed by atoms with Crippen LogP contribution in [0.1, 0.15) is 35.2 Å². The first-order valence-electron chi connectivity index (χ1n) is 6.70. The summed E-state index contributed by atoms with van der Waals surface area (Å²) in [6.45, 7) is 1.42. The van der Waals surface area contributed by atoms with Crippen LogP contribution in [0.15, 0.2) is 12.1 Å². The maximum absolute atomic E-state index is 14.0. The number of aryl methyl sites for hydroxylation is 1. The SMILES string of the molecule is CSC1CCC(NC(=O)c2cc([N+](=O)[O-])cc(C)c2F)C1. The van der Waals surface area contributed by atoms with Crippen LogP contribution < -0.4 is 5.32 Å². The summed E-state index contributed by atoms with van der Waals surface area (Å²) in [5, 5.41) is 14.1. The van der Waals surface area contributed by atoms with Crippen molar-refractivity contribution in [2.45, 2.75) is 37.5 Å². The molecule has 1 saturated carbocycles. The zero-order chi connectivity index (χ0) is 15.6. The van der Waals surface area contributed by atoms with Gasteiger partial charge >= 0.3 is 0 Å². The summed E-state index contributed by atoms with van der Waals surface area (Å²) in [6.07, 6.45) is 4.75. The van der Waals surface area contributed by atoms with Crippen LogP contribution in [0.4, 0.5) is 10.1 Å². The molecule has 0 aromatic heterocycles. The van der Waals surface area contributed by atoms with Crippen LogP contribution in [0, 0.1) is 22.9 Å². The summed E-state index contributed by atoms with van der Waals surface area (Å²) >= 11 is 1.76. The molecule has 1 fully saturated rings. The fourth-order valence-corrected chi connectivity index (χ4v) is 3.37. The molecule has 1 aromatic carbocycles. The summed E-state index contributed by atoms with van der Waals surface area (Å²) in [5.74, 6) is -1.27. The zero-order valence-electron chi connectivity index (χ0n) is 11.9. The monoisotopic (exact) mass is 312 g/mol. The molecule has 5 nitrogen and oxygen atoms in total. The standard InChI is InChI=1S/C14H17FN2O3S/c1-8-5-10(17(19)20)7-12(13(8)15)14(18)16-9-3-4-11(6-9)21-2/h5,7,9,11H,3-4,6H2,1-2H3,(H,16,18). The molecule has 2 atom stereocenters. The Kier molecular flexibility index (Phi) is 4.82. The highest BCUT2D eigenvalue weighted by atomic mass is 32.2. The van der Waals surface area contributed by atoms with Crippen molar-refractivity contribution in [3.05, 3.63) is 39.2 Å². The van der Waals surface area contributed by atoms with Gasteiger partial charge in [0.1, 0.15) is 5.82 Å². The number of nitrogens with zero attached hydrogens (tertiary/aromatic N) is 1. The molecule has 114 valence electrons. The van der Waals surface area contributed by atoms with E-state index in [1.54, 1.807) is 11.8 Å². The number of thioether (sulfide) groups is 1. The van der Waals surface area contributed by atoms with Crippen LogP contribution in [0.25, 0.3) is 0 Å². The third-order valence-corrected chi connectivity index (χ3v) is 4.84. The molecule has 0 saturated heterocycles. The number of nitrogens with one attached hydrogen (secondary N) is 1. The van der Waals surface area contributed by atoms with Gasteiger partial charge in [-0.1, -0.05) is 0 Å². The van der Waals surface area contributed by atoms with Crippen molar-refractivity contribution in [1.82, 2.24) is 5.32 Å². The predicted octanol–water partition coefficient (Wildman–Crippen LogP) is 3.06. The molecule has 0 heterocycles. The predicted molar refractivity (Wildman–Crippen MR) is 80.2 cm³/mol. The van der Waals surface area contributed by atoms with E-state index < -0.39 is 16.6 Å². The second kappa shape index (κ2) is 6.43. The highest BCUT2D eigenvalue weighted by molar-refractivity contribution is 7.99. The molecule has 2 rings (SSSR count). The molecule has 1 amide bonds. The van der Waals surface area contributed by atoms with Gasteiger partial charge in [0.2, 0.25) is 0 Å². The number of benzene rings is 1. The Morgan fingerprint density at radius 1 is 1.48 bits per heavy atom. The van der Waals surface area contributed by atoms with Crippen LogP contribution in [0.2, 0.25) is 0 Å². The van der Waals surface area contributed by atoms with Crippen LogP contribution in [-0.2, 0) is 0 Å². The van der Waals surface area contributed by atoms with Crippen molar-refractivity contribution >= 4 is 23.4 Å². The summed E-state index contributed by atoms with van der Waals surface area (Å²) in [6, 6.07) is 2.14. The van der Waals surface area contributed by atoms with Crippen LogP contribution in [0.3, 0.4) is 0 Å². The minimum atomic E-state index is -0.697. The van der Waals surface area contributed by atoms with Gasteiger partial charge in [0, 0.05) is 23.4 Å². The van der Waals surface area contributed by atoms with Crippen molar-refractivity contribution in [2.24, 2.45) is 0 Å². The molecule has 0 radical (unpaired) electrons. The van der Waals surface area contributed by atoms with Gasteiger partial charge in [-0.2, -0.15) is 11.8 Å². The molecular formula is C14H17FN2O3S. The van der Waals surface area contributed by atoms with E-state index in [-0.39, 0.29) is 22.9 Å². The van der Waals surface area contributed by atoms with E-state index in [4.69, 9.17) is 0 Å². The minimum absolute atomic E-state index is 0.00826. The van der Waals surface area contributed by atoms with E-state index >= 15 is 0 Å². The van der Waals surface area contributed by atoms with Gasteiger partial charge in [-0.25, -0.2) is 4.39 Å². The first kappa shape index (κ1) is 15.8. The Balaban J connectivity index is 2.17. The van der Waals surface area contributed by atoms with Crippen molar-refractivity contribution in [3.63, 3.8) is 0 Å². The lowest BCUT2D eigenvalue weighted by Crippen LogP contribution is -2.33. The first-order chi connectivity index (χ1) is 9.92. The Bertz CT molecular complexity index is 580. The van der Waals surface area contributed by atoms with Crippen molar-refractivity contribution in [2.75, 3.05) is 6.26 Å². The van der Waals surface area contributed by atoms with Crippen LogP contribution in [0.5, 0.6) is 0 Å². The maximum atomic E-state index is 14.0. The second-order valence-corrected chi connectivity index (χ2v) is 6.36. The second-order valence-electron chi connectivity index (χ2n) is 5.22. The number of non-ortho nitro benzene ring substituents is 1. The van der Waals surface area contributed by atoms with E-state index in [0.717, 1.165) is 31.4 Å². The van der Waals surface area contributed by atoms with Gasteiger partial charge in [0.25, 0.3) is 11.6 Å². The number of rotatable bonds is 4. The Labute approximate surface area is 126 Å². The van der Waals surface area contributed by atoms with Crippen LogP contribution >= 0.6 is 11.8 Å². The number of nitro benzene ring substituents is 1. The molecule has 1 aliphatic rings. The number of hydrogen-bond donors (Lipinski definition) is 1. The van der Waals surface area contributed by atoms with Gasteiger partial charge in [-0.3, -0.25) is 14.9 Å². The molecular weight excluding hydrogens is 295 g/mol. The average molecular weight is 312 g/mol. The quantitative estimate of drug-likeness (QED) is 0.685. The molecule has 1 aromatic rings. The van der Waals surface area contributed by atoms with E-state index in [2.05, 4.69) is 5.32 Å². The number of nitro groups is 1. The fraction of sp³-hybridized carbons (Fsp3) is 0.500. The van der Waals surface area contributed by atoms with E-state index in [0.29, 0.717) is 5.25 Å². The highest BCUT2D eigenvalue weighted by Crippen LogP contribution is 2.29. The van der Waals surface area contributed by atoms with Gasteiger partial charge in [-0.15, -0.1) is 0 Å². The maximum Gasteiger partial charge on any atom is 0.270 e. The number of carbonyl (C=O) groups excluding carboxylic acids is 1. The van der Waals surface area contributed by atoms with Crippen LogP contribution in [-0.4, -0.2) is 28.4 Å². The Hall–Kier alpha value is -1.63. The van der Waals surface area contributed by atoms with Crippen molar-refractivity contribution in [3.8, 4) is 0 Å². The smallest absolute Gasteiger partial charge is 0.270 e. The average Bonchev–Trinajstić information content (AvgIpc) is 2.88. The Morgan fingerprint density at radius 3 is 2.76 bits per heavy atom. The first-order valence-corrected chi connectivity index (χ1v) is 7.99. The number of hydrogen-bond acceptors (Lipinski definition) is 4. The molecule has 21 heavy (non-hydrogen) atoms. The van der Waals surface area contributed by atoms with Gasteiger partial charge in [0.15, 0.2) is 0 Å². The fourth-order valence-electron chi connectivity index (χ4n) is 2.57. The van der Waals surface area contributed by atoms with Crippen molar-refractivity contribution in [1.29, 1.82) is 0 Å². The van der Waals surface area contributed by atoms with Gasteiger partial charge in [0.05, 0.1) is 10.5 Å². The lowest BCUT2D eigenvalue weighted by molar-refractivity contribution is -0.385. The van der Waals surface area contributed by atoms with E-state index in [1.165, 1.54) is 6.92 Å². The zero-order valence-corrected chi connectivity index (χ0v) is 12.7. The number of carbonyl (C=O) groups is 1. The summed E-state index contributed by atoms with van der Waals surface area (Å²) in [4.78, 5) is 22.4. The summed E-state index contributed by atoms with van der Waals surface area (Å²) in [5.41, 5.74) is -0.426. The molecule has 0 spiro atoms. The minimum Gasteiger partial charge on any atom is -0.349 e. The van der Waals surface area contributed by atoms with Gasteiger partial charge < -0.3 is 5.32 Å². The lowest BCUT2D eigenvalue weighted by Gasteiger charge is -2.13. The van der Waals surface area contributed by atoms with E-state index in [1.807, 2.05) is 6.26 Å². The molecule has 1 aliphatic carbocycles. The summed E-state index contributed by atoms with van der Waals surface area (Å²) < 4.78 is 14.0. The summed E-state index contributed by atoms with van der Waals surface area (Å²) in [7, 11) is 0. The third kappa shape index (κ3) is 3.53.